The van der Waals surface area contributed by atoms with Gasteiger partial charge in [0.05, 0.1) is 20.6 Å². The molecular formula is C15H25N2O+. The van der Waals surface area contributed by atoms with Gasteiger partial charge in [0, 0.05) is 12.6 Å². The zero-order valence-electron chi connectivity index (χ0n) is 11.9. The number of likely N-dealkylation sites (N-methyl/N-ethyl adjacent to an activating group) is 1. The standard InChI is InChI=1S/C11H18N.C4H7NO/c1-4-12(2,3)10-11-8-6-5-7-9-11;1-3-4(6)5-2/h5-9H,4,10H2,1-3H3;3H,1H2,2H3,(H,5,6)/q+1;. The Morgan fingerprint density at radius 3 is 2.22 bits per heavy atom. The van der Waals surface area contributed by atoms with Crippen LogP contribution in [-0.4, -0.2) is 38.1 Å². The van der Waals surface area contributed by atoms with Crippen molar-refractivity contribution < 1.29 is 9.28 Å². The quantitative estimate of drug-likeness (QED) is 0.643. The SMILES string of the molecule is C=CC(=O)NC.CC[N+](C)(C)Cc1ccccc1. The van der Waals surface area contributed by atoms with E-state index < -0.39 is 0 Å². The molecule has 1 amide bonds. The number of hydrogen-bond acceptors (Lipinski definition) is 1. The summed E-state index contributed by atoms with van der Waals surface area (Å²) in [5, 5.41) is 2.36. The number of hydrogen-bond donors (Lipinski definition) is 1. The highest BCUT2D eigenvalue weighted by atomic mass is 16.1. The van der Waals surface area contributed by atoms with Crippen molar-refractivity contribution in [3.8, 4) is 0 Å². The van der Waals surface area contributed by atoms with Gasteiger partial charge in [-0.05, 0) is 13.0 Å². The number of quaternary nitrogens is 1. The van der Waals surface area contributed by atoms with Crippen molar-refractivity contribution in [1.82, 2.24) is 5.32 Å². The van der Waals surface area contributed by atoms with Gasteiger partial charge in [0.25, 0.3) is 0 Å². The molecule has 0 saturated carbocycles. The molecule has 0 aromatic heterocycles. The average molecular weight is 249 g/mol. The highest BCUT2D eigenvalue weighted by Crippen LogP contribution is 2.07. The van der Waals surface area contributed by atoms with Gasteiger partial charge in [-0.2, -0.15) is 0 Å². The van der Waals surface area contributed by atoms with Gasteiger partial charge in [0.1, 0.15) is 6.54 Å². The van der Waals surface area contributed by atoms with Crippen molar-refractivity contribution >= 4 is 5.91 Å². The molecule has 3 nitrogen and oxygen atoms in total. The third kappa shape index (κ3) is 7.63. The second kappa shape index (κ2) is 8.48. The summed E-state index contributed by atoms with van der Waals surface area (Å²) in [6.45, 7) is 7.74. The number of benzene rings is 1. The molecule has 0 unspecified atom stereocenters. The lowest BCUT2D eigenvalue weighted by Gasteiger charge is -2.28. The van der Waals surface area contributed by atoms with Crippen LogP contribution in [0, 0.1) is 0 Å². The van der Waals surface area contributed by atoms with Gasteiger partial charge in [-0.1, -0.05) is 36.9 Å². The van der Waals surface area contributed by atoms with Crippen LogP contribution in [0.4, 0.5) is 0 Å². The van der Waals surface area contributed by atoms with Gasteiger partial charge < -0.3 is 9.80 Å². The molecule has 3 heteroatoms. The fraction of sp³-hybridized carbons (Fsp3) is 0.400. The predicted molar refractivity (Wildman–Crippen MR) is 77.1 cm³/mol. The Labute approximate surface area is 111 Å². The number of nitrogens with one attached hydrogen (secondary N) is 1. The van der Waals surface area contributed by atoms with E-state index in [4.69, 9.17) is 0 Å². The fourth-order valence-electron chi connectivity index (χ4n) is 1.29. The van der Waals surface area contributed by atoms with E-state index >= 15 is 0 Å². The van der Waals surface area contributed by atoms with Crippen molar-refractivity contribution in [1.29, 1.82) is 0 Å². The topological polar surface area (TPSA) is 29.1 Å². The van der Waals surface area contributed by atoms with Crippen LogP contribution in [0.5, 0.6) is 0 Å². The van der Waals surface area contributed by atoms with Crippen LogP contribution in [-0.2, 0) is 11.3 Å². The summed E-state index contributed by atoms with van der Waals surface area (Å²) < 4.78 is 1.06. The van der Waals surface area contributed by atoms with E-state index in [1.54, 1.807) is 7.05 Å². The number of amides is 1. The molecule has 1 N–H and O–H groups in total. The molecule has 0 radical (unpaired) electrons. The maximum absolute atomic E-state index is 9.95. The first-order valence-corrected chi connectivity index (χ1v) is 6.15. The Morgan fingerprint density at radius 2 is 1.89 bits per heavy atom. The lowest BCUT2D eigenvalue weighted by Crippen LogP contribution is -2.38. The van der Waals surface area contributed by atoms with E-state index in [9.17, 15) is 4.79 Å². The molecule has 0 spiro atoms. The highest BCUT2D eigenvalue weighted by Gasteiger charge is 2.11. The summed E-state index contributed by atoms with van der Waals surface area (Å²) in [6.07, 6.45) is 1.22. The minimum absolute atomic E-state index is 0.144. The maximum Gasteiger partial charge on any atom is 0.243 e. The molecular weight excluding hydrogens is 224 g/mol. The van der Waals surface area contributed by atoms with E-state index in [1.807, 2.05) is 0 Å². The lowest BCUT2D eigenvalue weighted by atomic mass is 10.2. The van der Waals surface area contributed by atoms with E-state index in [-0.39, 0.29) is 5.91 Å². The first kappa shape index (κ1) is 16.4. The van der Waals surface area contributed by atoms with Gasteiger partial charge >= 0.3 is 0 Å². The van der Waals surface area contributed by atoms with Gasteiger partial charge in [-0.25, -0.2) is 0 Å². The fourth-order valence-corrected chi connectivity index (χ4v) is 1.29. The highest BCUT2D eigenvalue weighted by molar-refractivity contribution is 5.86. The maximum atomic E-state index is 9.95. The first-order chi connectivity index (χ1) is 8.45. The molecule has 0 saturated heterocycles. The summed E-state index contributed by atoms with van der Waals surface area (Å²) in [6, 6.07) is 10.6. The summed E-state index contributed by atoms with van der Waals surface area (Å²) in [5.74, 6) is -0.144. The molecule has 0 aliphatic heterocycles. The largest absolute Gasteiger partial charge is 0.356 e. The minimum Gasteiger partial charge on any atom is -0.356 e. The van der Waals surface area contributed by atoms with Crippen LogP contribution in [0.1, 0.15) is 12.5 Å². The second-order valence-corrected chi connectivity index (χ2v) is 4.71. The average Bonchev–Trinajstić information content (AvgIpc) is 2.39. The second-order valence-electron chi connectivity index (χ2n) is 4.71. The zero-order chi connectivity index (χ0) is 14.0. The molecule has 0 bridgehead atoms. The van der Waals surface area contributed by atoms with E-state index in [2.05, 4.69) is 63.2 Å². The zero-order valence-corrected chi connectivity index (χ0v) is 11.9. The first-order valence-electron chi connectivity index (χ1n) is 6.15. The molecule has 1 rings (SSSR count). The minimum atomic E-state index is -0.144. The summed E-state index contributed by atoms with van der Waals surface area (Å²) >= 11 is 0. The van der Waals surface area contributed by atoms with Crippen LogP contribution in [0.25, 0.3) is 0 Å². The van der Waals surface area contributed by atoms with Crippen LogP contribution in [0.15, 0.2) is 43.0 Å². The molecule has 1 aromatic carbocycles. The predicted octanol–water partition coefficient (Wildman–Crippen LogP) is 2.20. The molecule has 0 heterocycles. The van der Waals surface area contributed by atoms with Crippen molar-refractivity contribution in [2.24, 2.45) is 0 Å². The van der Waals surface area contributed by atoms with E-state index in [0.29, 0.717) is 0 Å². The van der Waals surface area contributed by atoms with Crippen molar-refractivity contribution in [3.05, 3.63) is 48.6 Å². The molecule has 100 valence electrons. The van der Waals surface area contributed by atoms with Crippen molar-refractivity contribution in [2.45, 2.75) is 13.5 Å². The van der Waals surface area contributed by atoms with Gasteiger partial charge in [0.2, 0.25) is 5.91 Å². The van der Waals surface area contributed by atoms with Crippen LogP contribution in [0.3, 0.4) is 0 Å². The van der Waals surface area contributed by atoms with Gasteiger partial charge in [0.15, 0.2) is 0 Å². The summed E-state index contributed by atoms with van der Waals surface area (Å²) in [4.78, 5) is 9.95. The Hall–Kier alpha value is -1.61. The lowest BCUT2D eigenvalue weighted by molar-refractivity contribution is -0.901. The van der Waals surface area contributed by atoms with Gasteiger partial charge in [-0.3, -0.25) is 4.79 Å². The summed E-state index contributed by atoms with van der Waals surface area (Å²) in [7, 11) is 6.07. The molecule has 18 heavy (non-hydrogen) atoms. The molecule has 0 aliphatic rings. The number of rotatable bonds is 4. The van der Waals surface area contributed by atoms with E-state index in [1.165, 1.54) is 18.2 Å². The Kier molecular flexibility index (Phi) is 7.72. The van der Waals surface area contributed by atoms with Crippen LogP contribution < -0.4 is 5.32 Å². The third-order valence-electron chi connectivity index (χ3n) is 2.74. The summed E-state index contributed by atoms with van der Waals surface area (Å²) in [5.41, 5.74) is 1.42. The third-order valence-corrected chi connectivity index (χ3v) is 2.74. The van der Waals surface area contributed by atoms with Crippen molar-refractivity contribution in [2.75, 3.05) is 27.7 Å². The molecule has 0 atom stereocenters. The van der Waals surface area contributed by atoms with E-state index in [0.717, 1.165) is 11.0 Å². The van der Waals surface area contributed by atoms with Crippen LogP contribution in [0.2, 0.25) is 0 Å². The number of carbonyl (C=O) groups excluding carboxylic acids is 1. The van der Waals surface area contributed by atoms with Crippen molar-refractivity contribution in [3.63, 3.8) is 0 Å². The molecule has 0 fully saturated rings. The smallest absolute Gasteiger partial charge is 0.243 e. The Bertz CT molecular complexity index is 358. The number of carbonyl (C=O) groups is 1. The normalized spacial score (nSPS) is 10.0. The Morgan fingerprint density at radius 1 is 1.33 bits per heavy atom. The monoisotopic (exact) mass is 249 g/mol. The van der Waals surface area contributed by atoms with Gasteiger partial charge in [-0.15, -0.1) is 0 Å². The molecule has 0 aliphatic carbocycles. The molecule has 1 aromatic rings. The number of nitrogens with zero attached hydrogens (tertiary/aromatic N) is 1. The van der Waals surface area contributed by atoms with Crippen LogP contribution >= 0.6 is 0 Å². The Balaban J connectivity index is 0.000000411.